The zero-order valence-electron chi connectivity index (χ0n) is 12.2. The van der Waals surface area contributed by atoms with Crippen molar-refractivity contribution in [1.82, 2.24) is 14.7 Å². The lowest BCUT2D eigenvalue weighted by Gasteiger charge is -2.35. The molecule has 1 aromatic heterocycles. The molecule has 2 fully saturated rings. The van der Waals surface area contributed by atoms with Gasteiger partial charge in [-0.2, -0.15) is 5.10 Å². The van der Waals surface area contributed by atoms with Gasteiger partial charge >= 0.3 is 0 Å². The number of nitrogens with zero attached hydrogens (tertiary/aromatic N) is 3. The average molecular weight is 357 g/mol. The molecule has 2 atom stereocenters. The monoisotopic (exact) mass is 356 g/mol. The van der Waals surface area contributed by atoms with Crippen molar-refractivity contribution in [2.75, 3.05) is 31.6 Å². The number of hydrogen-bond acceptors (Lipinski definition) is 5. The molecule has 116 valence electrons. The van der Waals surface area contributed by atoms with E-state index >= 15 is 0 Å². The summed E-state index contributed by atoms with van der Waals surface area (Å²) in [5.41, 5.74) is 0.628. The van der Waals surface area contributed by atoms with Gasteiger partial charge < -0.3 is 10.1 Å². The highest BCUT2D eigenvalue weighted by Gasteiger charge is 2.32. The summed E-state index contributed by atoms with van der Waals surface area (Å²) in [6.45, 7) is 6.13. The van der Waals surface area contributed by atoms with Gasteiger partial charge in [0, 0.05) is 25.7 Å². The molecule has 6 nitrogen and oxygen atoms in total. The van der Waals surface area contributed by atoms with Crippen molar-refractivity contribution in [3.05, 3.63) is 21.0 Å². The maximum atomic E-state index is 12.0. The first-order chi connectivity index (χ1) is 10.2. The minimum atomic E-state index is -0.105. The lowest BCUT2D eigenvalue weighted by atomic mass is 10.2. The molecular weight excluding hydrogens is 336 g/mol. The van der Waals surface area contributed by atoms with Crippen LogP contribution in [0.25, 0.3) is 0 Å². The minimum absolute atomic E-state index is 0.105. The van der Waals surface area contributed by atoms with Crippen molar-refractivity contribution in [2.24, 2.45) is 0 Å². The number of rotatable bonds is 4. The molecule has 0 spiro atoms. The van der Waals surface area contributed by atoms with Gasteiger partial charge in [-0.25, -0.2) is 4.68 Å². The van der Waals surface area contributed by atoms with Crippen LogP contribution >= 0.6 is 15.9 Å². The number of halogens is 1. The van der Waals surface area contributed by atoms with Crippen molar-refractivity contribution >= 4 is 21.6 Å². The van der Waals surface area contributed by atoms with Crippen molar-refractivity contribution in [3.8, 4) is 0 Å². The number of hydrogen-bond donors (Lipinski definition) is 1. The van der Waals surface area contributed by atoms with Crippen LogP contribution in [-0.4, -0.2) is 53.1 Å². The highest BCUT2D eigenvalue weighted by atomic mass is 79.9. The molecule has 0 radical (unpaired) electrons. The van der Waals surface area contributed by atoms with Gasteiger partial charge in [-0.05, 0) is 42.2 Å². The third-order valence-corrected chi connectivity index (χ3v) is 5.03. The molecule has 0 saturated carbocycles. The summed E-state index contributed by atoms with van der Waals surface area (Å²) < 4.78 is 7.87. The SMILES string of the molecule is CCn1ncc(NCC2CN3CCCC3CO2)c(Br)c1=O. The summed E-state index contributed by atoms with van der Waals surface area (Å²) in [6.07, 6.45) is 4.39. The molecule has 7 heteroatoms. The summed E-state index contributed by atoms with van der Waals surface area (Å²) >= 11 is 3.35. The first kappa shape index (κ1) is 15.0. The maximum absolute atomic E-state index is 12.0. The molecule has 2 unspecified atom stereocenters. The molecule has 3 heterocycles. The molecule has 0 aliphatic carbocycles. The normalized spacial score (nSPS) is 25.8. The fourth-order valence-corrected chi connectivity index (χ4v) is 3.49. The summed E-state index contributed by atoms with van der Waals surface area (Å²) in [4.78, 5) is 14.5. The van der Waals surface area contributed by atoms with Crippen molar-refractivity contribution < 1.29 is 4.74 Å². The Labute approximate surface area is 132 Å². The largest absolute Gasteiger partial charge is 0.380 e. The Balaban J connectivity index is 1.60. The Morgan fingerprint density at radius 3 is 3.24 bits per heavy atom. The Hall–Kier alpha value is -0.920. The van der Waals surface area contributed by atoms with Crippen molar-refractivity contribution in [1.29, 1.82) is 0 Å². The number of morpholine rings is 1. The van der Waals surface area contributed by atoms with E-state index in [2.05, 4.69) is 31.2 Å². The molecule has 0 aromatic carbocycles. The zero-order chi connectivity index (χ0) is 14.8. The Bertz CT molecular complexity index is 562. The third kappa shape index (κ3) is 3.14. The van der Waals surface area contributed by atoms with E-state index in [4.69, 9.17) is 4.74 Å². The summed E-state index contributed by atoms with van der Waals surface area (Å²) in [6, 6.07) is 0.614. The fourth-order valence-electron chi connectivity index (χ4n) is 3.05. The standard InChI is InChI=1S/C14H21BrN4O2/c1-2-19-14(20)13(15)12(7-17-19)16-6-11-8-18-5-3-4-10(18)9-21-11/h7,10-11,16H,2-6,8-9H2,1H3. The Morgan fingerprint density at radius 2 is 2.43 bits per heavy atom. The van der Waals surface area contributed by atoms with Gasteiger partial charge in [-0.15, -0.1) is 0 Å². The van der Waals surface area contributed by atoms with Gasteiger partial charge in [0.25, 0.3) is 5.56 Å². The quantitative estimate of drug-likeness (QED) is 0.880. The van der Waals surface area contributed by atoms with Crippen LogP contribution in [-0.2, 0) is 11.3 Å². The van der Waals surface area contributed by atoms with Gasteiger partial charge in [0.15, 0.2) is 0 Å². The molecule has 2 saturated heterocycles. The van der Waals surface area contributed by atoms with E-state index in [0.29, 0.717) is 23.6 Å². The Morgan fingerprint density at radius 1 is 1.57 bits per heavy atom. The predicted octanol–water partition coefficient (Wildman–Crippen LogP) is 1.30. The van der Waals surface area contributed by atoms with Crippen molar-refractivity contribution in [2.45, 2.75) is 38.5 Å². The molecule has 2 aliphatic rings. The molecule has 1 aromatic rings. The minimum Gasteiger partial charge on any atom is -0.380 e. The van der Waals surface area contributed by atoms with Gasteiger partial charge in [0.2, 0.25) is 0 Å². The van der Waals surface area contributed by atoms with E-state index in [9.17, 15) is 4.79 Å². The van der Waals surface area contributed by atoms with E-state index in [1.807, 2.05) is 6.92 Å². The first-order valence-electron chi connectivity index (χ1n) is 7.54. The third-order valence-electron chi connectivity index (χ3n) is 4.27. The van der Waals surface area contributed by atoms with Crippen LogP contribution in [0.2, 0.25) is 0 Å². The second-order valence-corrected chi connectivity index (χ2v) is 6.41. The fraction of sp³-hybridized carbons (Fsp3) is 0.714. The number of aryl methyl sites for hydroxylation is 1. The second kappa shape index (κ2) is 6.46. The van der Waals surface area contributed by atoms with E-state index in [1.54, 1.807) is 6.20 Å². The van der Waals surface area contributed by atoms with Crippen molar-refractivity contribution in [3.63, 3.8) is 0 Å². The van der Waals surface area contributed by atoms with E-state index in [0.717, 1.165) is 18.8 Å². The van der Waals surface area contributed by atoms with Crippen LogP contribution in [0.5, 0.6) is 0 Å². The summed E-state index contributed by atoms with van der Waals surface area (Å²) in [5, 5.41) is 7.42. The predicted molar refractivity (Wildman–Crippen MR) is 84.7 cm³/mol. The smallest absolute Gasteiger partial charge is 0.283 e. The zero-order valence-corrected chi connectivity index (χ0v) is 13.8. The number of fused-ring (bicyclic) bond motifs is 1. The first-order valence-corrected chi connectivity index (χ1v) is 8.33. The molecule has 0 bridgehead atoms. The lowest BCUT2D eigenvalue weighted by Crippen LogP contribution is -2.48. The summed E-state index contributed by atoms with van der Waals surface area (Å²) in [7, 11) is 0. The van der Waals surface area contributed by atoms with Gasteiger partial charge in [-0.3, -0.25) is 9.69 Å². The topological polar surface area (TPSA) is 59.4 Å². The second-order valence-electron chi connectivity index (χ2n) is 5.62. The van der Waals surface area contributed by atoms with Crippen LogP contribution in [0.4, 0.5) is 5.69 Å². The Kier molecular flexibility index (Phi) is 4.61. The molecule has 3 rings (SSSR count). The van der Waals surface area contributed by atoms with Crippen LogP contribution < -0.4 is 10.9 Å². The number of aromatic nitrogens is 2. The molecule has 2 aliphatic heterocycles. The number of anilines is 1. The molecule has 21 heavy (non-hydrogen) atoms. The maximum Gasteiger partial charge on any atom is 0.283 e. The summed E-state index contributed by atoms with van der Waals surface area (Å²) in [5.74, 6) is 0. The van der Waals surface area contributed by atoms with Crippen LogP contribution in [0.1, 0.15) is 19.8 Å². The molecule has 1 N–H and O–H groups in total. The van der Waals surface area contributed by atoms with E-state index < -0.39 is 0 Å². The highest BCUT2D eigenvalue weighted by Crippen LogP contribution is 2.23. The number of ether oxygens (including phenoxy) is 1. The van der Waals surface area contributed by atoms with Crippen LogP contribution in [0, 0.1) is 0 Å². The lowest BCUT2D eigenvalue weighted by molar-refractivity contribution is -0.0415. The van der Waals surface area contributed by atoms with Crippen LogP contribution in [0.15, 0.2) is 15.5 Å². The highest BCUT2D eigenvalue weighted by molar-refractivity contribution is 9.10. The average Bonchev–Trinajstić information content (AvgIpc) is 2.96. The van der Waals surface area contributed by atoms with Gasteiger partial charge in [0.1, 0.15) is 4.47 Å². The molecule has 0 amide bonds. The number of nitrogens with one attached hydrogen (secondary N) is 1. The van der Waals surface area contributed by atoms with E-state index in [1.165, 1.54) is 24.1 Å². The molecular formula is C14H21BrN4O2. The van der Waals surface area contributed by atoms with E-state index in [-0.39, 0.29) is 11.7 Å². The van der Waals surface area contributed by atoms with Gasteiger partial charge in [-0.1, -0.05) is 0 Å². The van der Waals surface area contributed by atoms with Gasteiger partial charge in [0.05, 0.1) is 24.6 Å². The van der Waals surface area contributed by atoms with Crippen LogP contribution in [0.3, 0.4) is 0 Å².